The van der Waals surface area contributed by atoms with Crippen LogP contribution in [-0.4, -0.2) is 29.8 Å². The molecule has 1 aromatic heterocycles. The van der Waals surface area contributed by atoms with Crippen LogP contribution in [0.5, 0.6) is 5.75 Å². The standard InChI is InChI=1S/C18H14N2O5/c21-17(22)11-24-14-7-3-2-6-13(14)10-19-20-18(23)16-9-12-5-1-4-8-15(12)25-16/h1-10H,11H2,(H,20,23)(H,21,22). The summed E-state index contributed by atoms with van der Waals surface area (Å²) >= 11 is 0. The van der Waals surface area contributed by atoms with Crippen LogP contribution < -0.4 is 10.2 Å². The van der Waals surface area contributed by atoms with E-state index in [2.05, 4.69) is 10.5 Å². The Kier molecular flexibility index (Phi) is 4.75. The van der Waals surface area contributed by atoms with Crippen LogP contribution in [0.25, 0.3) is 11.0 Å². The molecule has 0 aliphatic rings. The molecule has 2 aromatic carbocycles. The van der Waals surface area contributed by atoms with E-state index < -0.39 is 18.5 Å². The molecular formula is C18H14N2O5. The van der Waals surface area contributed by atoms with Gasteiger partial charge in [0.1, 0.15) is 11.3 Å². The van der Waals surface area contributed by atoms with Crippen LogP contribution in [0, 0.1) is 0 Å². The Morgan fingerprint density at radius 1 is 1.16 bits per heavy atom. The lowest BCUT2D eigenvalue weighted by molar-refractivity contribution is -0.139. The predicted octanol–water partition coefficient (Wildman–Crippen LogP) is 2.66. The number of rotatable bonds is 6. The smallest absolute Gasteiger partial charge is 0.341 e. The molecule has 7 heteroatoms. The highest BCUT2D eigenvalue weighted by molar-refractivity contribution is 5.96. The summed E-state index contributed by atoms with van der Waals surface area (Å²) in [6.45, 7) is -0.462. The molecule has 25 heavy (non-hydrogen) atoms. The summed E-state index contributed by atoms with van der Waals surface area (Å²) in [4.78, 5) is 22.7. The quantitative estimate of drug-likeness (QED) is 0.531. The highest BCUT2D eigenvalue weighted by Crippen LogP contribution is 2.19. The summed E-state index contributed by atoms with van der Waals surface area (Å²) < 4.78 is 10.6. The van der Waals surface area contributed by atoms with Gasteiger partial charge in [-0.1, -0.05) is 30.3 Å². The molecule has 3 rings (SSSR count). The fraction of sp³-hybridized carbons (Fsp3) is 0.0556. The first-order valence-electron chi connectivity index (χ1n) is 7.39. The largest absolute Gasteiger partial charge is 0.481 e. The first-order chi connectivity index (χ1) is 12.1. The number of hydrogen-bond donors (Lipinski definition) is 2. The van der Waals surface area contributed by atoms with E-state index in [0.29, 0.717) is 16.9 Å². The first kappa shape index (κ1) is 16.3. The van der Waals surface area contributed by atoms with Gasteiger partial charge in [-0.3, -0.25) is 4.79 Å². The van der Waals surface area contributed by atoms with Crippen LogP contribution in [-0.2, 0) is 4.79 Å². The number of carbonyl (C=O) groups is 2. The number of furan rings is 1. The Hall–Kier alpha value is -3.61. The van der Waals surface area contributed by atoms with Crippen LogP contribution in [0.3, 0.4) is 0 Å². The second-order valence-electron chi connectivity index (χ2n) is 5.07. The minimum atomic E-state index is -1.08. The summed E-state index contributed by atoms with van der Waals surface area (Å²) in [6.07, 6.45) is 1.37. The summed E-state index contributed by atoms with van der Waals surface area (Å²) in [5.74, 6) is -1.07. The monoisotopic (exact) mass is 338 g/mol. The van der Waals surface area contributed by atoms with Crippen molar-refractivity contribution < 1.29 is 23.8 Å². The molecule has 0 saturated carbocycles. The molecule has 126 valence electrons. The average molecular weight is 338 g/mol. The first-order valence-corrected chi connectivity index (χ1v) is 7.39. The van der Waals surface area contributed by atoms with Gasteiger partial charge >= 0.3 is 11.9 Å². The normalized spacial score (nSPS) is 10.9. The molecule has 2 N–H and O–H groups in total. The maximum atomic E-state index is 12.1. The van der Waals surface area contributed by atoms with Crippen LogP contribution in [0.4, 0.5) is 0 Å². The van der Waals surface area contributed by atoms with Gasteiger partial charge in [-0.05, 0) is 24.3 Å². The molecule has 7 nitrogen and oxygen atoms in total. The fourth-order valence-corrected chi connectivity index (χ4v) is 2.17. The molecule has 0 aliphatic carbocycles. The molecular weight excluding hydrogens is 324 g/mol. The number of para-hydroxylation sites is 2. The topological polar surface area (TPSA) is 101 Å². The number of carboxylic acid groups (broad SMARTS) is 1. The lowest BCUT2D eigenvalue weighted by atomic mass is 10.2. The minimum Gasteiger partial charge on any atom is -0.481 e. The van der Waals surface area contributed by atoms with Gasteiger partial charge in [-0.2, -0.15) is 5.10 Å². The maximum absolute atomic E-state index is 12.1. The lowest BCUT2D eigenvalue weighted by Gasteiger charge is -2.05. The zero-order chi connectivity index (χ0) is 17.6. The molecule has 0 bridgehead atoms. The number of amides is 1. The van der Waals surface area contributed by atoms with E-state index in [9.17, 15) is 9.59 Å². The van der Waals surface area contributed by atoms with Crippen molar-refractivity contribution in [3.63, 3.8) is 0 Å². The van der Waals surface area contributed by atoms with Crippen molar-refractivity contribution in [3.05, 3.63) is 65.9 Å². The van der Waals surface area contributed by atoms with E-state index in [-0.39, 0.29) is 5.76 Å². The highest BCUT2D eigenvalue weighted by Gasteiger charge is 2.11. The molecule has 1 heterocycles. The van der Waals surface area contributed by atoms with Gasteiger partial charge in [0, 0.05) is 10.9 Å². The third kappa shape index (κ3) is 4.03. The van der Waals surface area contributed by atoms with Crippen molar-refractivity contribution in [2.24, 2.45) is 5.10 Å². The lowest BCUT2D eigenvalue weighted by Crippen LogP contribution is -2.17. The van der Waals surface area contributed by atoms with Crippen molar-refractivity contribution in [1.82, 2.24) is 5.43 Å². The predicted molar refractivity (Wildman–Crippen MR) is 90.8 cm³/mol. The van der Waals surface area contributed by atoms with Gasteiger partial charge < -0.3 is 14.3 Å². The van der Waals surface area contributed by atoms with Crippen LogP contribution >= 0.6 is 0 Å². The Morgan fingerprint density at radius 3 is 2.72 bits per heavy atom. The zero-order valence-corrected chi connectivity index (χ0v) is 13.0. The Balaban J connectivity index is 1.68. The third-order valence-electron chi connectivity index (χ3n) is 3.29. The number of fused-ring (bicyclic) bond motifs is 1. The summed E-state index contributed by atoms with van der Waals surface area (Å²) in [7, 11) is 0. The van der Waals surface area contributed by atoms with E-state index in [0.717, 1.165) is 5.39 Å². The van der Waals surface area contributed by atoms with Crippen LogP contribution in [0.15, 0.2) is 64.1 Å². The van der Waals surface area contributed by atoms with Crippen molar-refractivity contribution in [2.75, 3.05) is 6.61 Å². The van der Waals surface area contributed by atoms with Gasteiger partial charge in [0.15, 0.2) is 12.4 Å². The third-order valence-corrected chi connectivity index (χ3v) is 3.29. The molecule has 0 spiro atoms. The van der Waals surface area contributed by atoms with E-state index in [4.69, 9.17) is 14.3 Å². The Morgan fingerprint density at radius 2 is 1.92 bits per heavy atom. The van der Waals surface area contributed by atoms with Crippen LogP contribution in [0.2, 0.25) is 0 Å². The molecule has 3 aromatic rings. The van der Waals surface area contributed by atoms with E-state index in [1.165, 1.54) is 6.21 Å². The molecule has 0 saturated heterocycles. The van der Waals surface area contributed by atoms with Gasteiger partial charge in [0.05, 0.1) is 6.21 Å². The van der Waals surface area contributed by atoms with Crippen LogP contribution in [0.1, 0.15) is 16.1 Å². The number of benzene rings is 2. The zero-order valence-electron chi connectivity index (χ0n) is 13.0. The number of hydrazone groups is 1. The number of carbonyl (C=O) groups excluding carboxylic acids is 1. The number of nitrogens with zero attached hydrogens (tertiary/aromatic N) is 1. The second kappa shape index (κ2) is 7.31. The fourth-order valence-electron chi connectivity index (χ4n) is 2.17. The Labute approximate surface area is 142 Å². The average Bonchev–Trinajstić information content (AvgIpc) is 3.05. The summed E-state index contributed by atoms with van der Waals surface area (Å²) in [6, 6.07) is 15.7. The number of nitrogens with one attached hydrogen (secondary N) is 1. The van der Waals surface area contributed by atoms with Gasteiger partial charge in [-0.25, -0.2) is 10.2 Å². The second-order valence-corrected chi connectivity index (χ2v) is 5.07. The minimum absolute atomic E-state index is 0.147. The number of ether oxygens (including phenoxy) is 1. The Bertz CT molecular complexity index is 912. The summed E-state index contributed by atoms with van der Waals surface area (Å²) in [5, 5.41) is 13.4. The number of carboxylic acids is 1. The molecule has 0 aliphatic heterocycles. The van der Waals surface area contributed by atoms with Gasteiger partial charge in [-0.15, -0.1) is 0 Å². The van der Waals surface area contributed by atoms with Crippen molar-refractivity contribution in [1.29, 1.82) is 0 Å². The van der Waals surface area contributed by atoms with E-state index in [1.807, 2.05) is 18.2 Å². The van der Waals surface area contributed by atoms with Crippen molar-refractivity contribution >= 4 is 29.1 Å². The highest BCUT2D eigenvalue weighted by atomic mass is 16.5. The van der Waals surface area contributed by atoms with Crippen molar-refractivity contribution in [3.8, 4) is 5.75 Å². The number of aliphatic carboxylic acids is 1. The molecule has 1 amide bonds. The molecule has 0 radical (unpaired) electrons. The molecule has 0 fully saturated rings. The van der Waals surface area contributed by atoms with E-state index in [1.54, 1.807) is 36.4 Å². The SMILES string of the molecule is O=C(O)COc1ccccc1C=NNC(=O)c1cc2ccccc2o1. The van der Waals surface area contributed by atoms with Crippen molar-refractivity contribution in [2.45, 2.75) is 0 Å². The number of hydrogen-bond acceptors (Lipinski definition) is 5. The van der Waals surface area contributed by atoms with E-state index >= 15 is 0 Å². The van der Waals surface area contributed by atoms with Gasteiger partial charge in [0.2, 0.25) is 0 Å². The van der Waals surface area contributed by atoms with Gasteiger partial charge in [0.25, 0.3) is 0 Å². The maximum Gasteiger partial charge on any atom is 0.341 e. The molecule has 0 unspecified atom stereocenters. The molecule has 0 atom stereocenters. The summed E-state index contributed by atoms with van der Waals surface area (Å²) in [5.41, 5.74) is 3.52.